The molecule has 1 aliphatic heterocycles. The van der Waals surface area contributed by atoms with Crippen molar-refractivity contribution >= 4 is 11.7 Å². The molecule has 0 spiro atoms. The van der Waals surface area contributed by atoms with Gasteiger partial charge in [-0.1, -0.05) is 19.3 Å². The number of nitrogens with zero attached hydrogens (tertiary/aromatic N) is 1. The largest absolute Gasteiger partial charge is 0.352 e. The molecule has 2 rings (SSSR count). The van der Waals surface area contributed by atoms with E-state index in [4.69, 9.17) is 0 Å². The molecule has 2 fully saturated rings. The molecule has 0 unspecified atom stereocenters. The Kier molecular flexibility index (Phi) is 4.54. The molecule has 0 aromatic carbocycles. The Morgan fingerprint density at radius 1 is 1.18 bits per heavy atom. The van der Waals surface area contributed by atoms with Crippen LogP contribution < -0.4 is 5.32 Å². The highest BCUT2D eigenvalue weighted by molar-refractivity contribution is 5.81. The van der Waals surface area contributed by atoms with Crippen LogP contribution in [0.1, 0.15) is 44.9 Å². The molecule has 96 valence electrons. The molecule has 1 saturated carbocycles. The second-order valence-corrected chi connectivity index (χ2v) is 5.22. The van der Waals surface area contributed by atoms with Gasteiger partial charge in [-0.15, -0.1) is 0 Å². The highest BCUT2D eigenvalue weighted by Crippen LogP contribution is 2.17. The molecule has 1 aliphatic carbocycles. The Morgan fingerprint density at radius 2 is 1.82 bits per heavy atom. The minimum atomic E-state index is 0.131. The average Bonchev–Trinajstić information content (AvgIpc) is 2.33. The Morgan fingerprint density at radius 3 is 2.47 bits per heavy atom. The van der Waals surface area contributed by atoms with E-state index in [9.17, 15) is 9.59 Å². The van der Waals surface area contributed by atoms with Crippen LogP contribution in [0.25, 0.3) is 0 Å². The molecule has 0 aromatic heterocycles. The fourth-order valence-corrected chi connectivity index (χ4v) is 2.68. The molecule has 1 heterocycles. The molecule has 1 N–H and O–H groups in total. The molecule has 0 radical (unpaired) electrons. The zero-order valence-electron chi connectivity index (χ0n) is 10.4. The monoisotopic (exact) mass is 238 g/mol. The highest BCUT2D eigenvalue weighted by atomic mass is 16.2. The standard InChI is InChI=1S/C13H22N2O2/c16-12-6-8-15(9-7-12)10-13(17)14-11-4-2-1-3-5-11/h11H,1-10H2,(H,14,17). The molecule has 1 amide bonds. The number of Topliss-reactive ketones (excluding diaryl/α,β-unsaturated/α-hetero) is 1. The number of carbonyl (C=O) groups excluding carboxylic acids is 2. The molecule has 0 atom stereocenters. The van der Waals surface area contributed by atoms with E-state index >= 15 is 0 Å². The van der Waals surface area contributed by atoms with Crippen molar-refractivity contribution in [3.05, 3.63) is 0 Å². The van der Waals surface area contributed by atoms with Crippen LogP contribution in [0.2, 0.25) is 0 Å². The van der Waals surface area contributed by atoms with E-state index in [1.165, 1.54) is 19.3 Å². The average molecular weight is 238 g/mol. The van der Waals surface area contributed by atoms with Gasteiger partial charge in [-0.25, -0.2) is 0 Å². The Balaban J connectivity index is 1.67. The molecular formula is C13H22N2O2. The predicted molar refractivity (Wildman–Crippen MR) is 65.7 cm³/mol. The van der Waals surface area contributed by atoms with Gasteiger partial charge in [-0.2, -0.15) is 0 Å². The lowest BCUT2D eigenvalue weighted by Gasteiger charge is -2.27. The Hall–Kier alpha value is -0.900. The summed E-state index contributed by atoms with van der Waals surface area (Å²) < 4.78 is 0. The first-order valence-electron chi connectivity index (χ1n) is 6.77. The van der Waals surface area contributed by atoms with Gasteiger partial charge in [0.1, 0.15) is 5.78 Å². The lowest BCUT2D eigenvalue weighted by Crippen LogP contribution is -2.45. The summed E-state index contributed by atoms with van der Waals surface area (Å²) >= 11 is 0. The van der Waals surface area contributed by atoms with E-state index in [0.717, 1.165) is 25.9 Å². The second-order valence-electron chi connectivity index (χ2n) is 5.22. The molecule has 2 aliphatic rings. The number of hydrogen-bond acceptors (Lipinski definition) is 3. The number of piperidine rings is 1. The summed E-state index contributed by atoms with van der Waals surface area (Å²) in [5.74, 6) is 0.459. The van der Waals surface area contributed by atoms with Gasteiger partial charge in [0.05, 0.1) is 6.54 Å². The van der Waals surface area contributed by atoms with Crippen LogP contribution in [0.4, 0.5) is 0 Å². The SMILES string of the molecule is O=C1CCN(CC(=O)NC2CCCCC2)CC1. The third kappa shape index (κ3) is 4.11. The van der Waals surface area contributed by atoms with E-state index in [2.05, 4.69) is 10.2 Å². The summed E-state index contributed by atoms with van der Waals surface area (Å²) in [5.41, 5.74) is 0. The summed E-state index contributed by atoms with van der Waals surface area (Å²) in [7, 11) is 0. The van der Waals surface area contributed by atoms with Crippen LogP contribution >= 0.6 is 0 Å². The molecular weight excluding hydrogens is 216 g/mol. The van der Waals surface area contributed by atoms with Crippen molar-refractivity contribution in [2.45, 2.75) is 51.0 Å². The minimum absolute atomic E-state index is 0.131. The van der Waals surface area contributed by atoms with Gasteiger partial charge >= 0.3 is 0 Å². The number of likely N-dealkylation sites (tertiary alicyclic amines) is 1. The van der Waals surface area contributed by atoms with Crippen molar-refractivity contribution in [1.82, 2.24) is 10.2 Å². The zero-order chi connectivity index (χ0) is 12.1. The maximum atomic E-state index is 11.8. The van der Waals surface area contributed by atoms with Crippen molar-refractivity contribution in [3.8, 4) is 0 Å². The van der Waals surface area contributed by atoms with Gasteiger partial charge in [-0.3, -0.25) is 14.5 Å². The number of carbonyl (C=O) groups is 2. The smallest absolute Gasteiger partial charge is 0.234 e. The molecule has 0 aromatic rings. The van der Waals surface area contributed by atoms with E-state index in [0.29, 0.717) is 31.2 Å². The molecule has 17 heavy (non-hydrogen) atoms. The van der Waals surface area contributed by atoms with Crippen molar-refractivity contribution in [2.24, 2.45) is 0 Å². The van der Waals surface area contributed by atoms with Crippen LogP contribution in [0.15, 0.2) is 0 Å². The lowest BCUT2D eigenvalue weighted by molar-refractivity contribution is -0.126. The first kappa shape index (κ1) is 12.6. The number of ketones is 1. The van der Waals surface area contributed by atoms with Crippen LogP contribution in [-0.4, -0.2) is 42.3 Å². The van der Waals surface area contributed by atoms with Crippen molar-refractivity contribution in [3.63, 3.8) is 0 Å². The van der Waals surface area contributed by atoms with E-state index in [-0.39, 0.29) is 5.91 Å². The molecule has 4 nitrogen and oxygen atoms in total. The fourth-order valence-electron chi connectivity index (χ4n) is 2.68. The quantitative estimate of drug-likeness (QED) is 0.801. The van der Waals surface area contributed by atoms with Crippen molar-refractivity contribution in [2.75, 3.05) is 19.6 Å². The highest BCUT2D eigenvalue weighted by Gasteiger charge is 2.20. The van der Waals surface area contributed by atoms with Gasteiger partial charge in [0, 0.05) is 32.0 Å². The first-order chi connectivity index (χ1) is 8.24. The topological polar surface area (TPSA) is 49.4 Å². The maximum absolute atomic E-state index is 11.8. The molecule has 1 saturated heterocycles. The number of amides is 1. The minimum Gasteiger partial charge on any atom is -0.352 e. The van der Waals surface area contributed by atoms with Crippen LogP contribution in [-0.2, 0) is 9.59 Å². The summed E-state index contributed by atoms with van der Waals surface area (Å²) in [4.78, 5) is 25.0. The van der Waals surface area contributed by atoms with Crippen molar-refractivity contribution < 1.29 is 9.59 Å². The zero-order valence-corrected chi connectivity index (χ0v) is 10.4. The summed E-state index contributed by atoms with van der Waals surface area (Å²) in [6.07, 6.45) is 7.26. The normalized spacial score (nSPS) is 23.6. The van der Waals surface area contributed by atoms with Crippen LogP contribution in [0, 0.1) is 0 Å². The maximum Gasteiger partial charge on any atom is 0.234 e. The fraction of sp³-hybridized carbons (Fsp3) is 0.846. The second kappa shape index (κ2) is 6.15. The van der Waals surface area contributed by atoms with Gasteiger partial charge in [0.15, 0.2) is 0 Å². The Labute approximate surface area is 103 Å². The number of rotatable bonds is 3. The van der Waals surface area contributed by atoms with E-state index < -0.39 is 0 Å². The van der Waals surface area contributed by atoms with E-state index in [1.54, 1.807) is 0 Å². The van der Waals surface area contributed by atoms with Crippen molar-refractivity contribution in [1.29, 1.82) is 0 Å². The third-order valence-corrected chi connectivity index (χ3v) is 3.75. The molecule has 0 bridgehead atoms. The first-order valence-corrected chi connectivity index (χ1v) is 6.77. The lowest BCUT2D eigenvalue weighted by atomic mass is 9.95. The van der Waals surface area contributed by atoms with Gasteiger partial charge in [0.2, 0.25) is 5.91 Å². The Bertz CT molecular complexity index is 275. The van der Waals surface area contributed by atoms with Gasteiger partial charge in [0.25, 0.3) is 0 Å². The summed E-state index contributed by atoms with van der Waals surface area (Å²) in [6.45, 7) is 1.96. The van der Waals surface area contributed by atoms with E-state index in [1.807, 2.05) is 0 Å². The predicted octanol–water partition coefficient (Wildman–Crippen LogP) is 1.10. The van der Waals surface area contributed by atoms with Gasteiger partial charge in [-0.05, 0) is 12.8 Å². The number of nitrogens with one attached hydrogen (secondary N) is 1. The third-order valence-electron chi connectivity index (χ3n) is 3.75. The van der Waals surface area contributed by atoms with Crippen LogP contribution in [0.5, 0.6) is 0 Å². The van der Waals surface area contributed by atoms with Gasteiger partial charge < -0.3 is 5.32 Å². The number of hydrogen-bond donors (Lipinski definition) is 1. The summed E-state index contributed by atoms with van der Waals surface area (Å²) in [5, 5.41) is 3.11. The summed E-state index contributed by atoms with van der Waals surface area (Å²) in [6, 6.07) is 0.391. The molecule has 4 heteroatoms. The van der Waals surface area contributed by atoms with Crippen LogP contribution in [0.3, 0.4) is 0 Å².